The minimum atomic E-state index is -3.73. The molecule has 2 unspecified atom stereocenters. The van der Waals surface area contributed by atoms with E-state index < -0.39 is 22.1 Å². The Kier molecular flexibility index (Phi) is 6.02. The lowest BCUT2D eigenvalue weighted by Crippen LogP contribution is -2.46. The number of fused-ring (bicyclic) bond motifs is 1. The third-order valence-corrected chi connectivity index (χ3v) is 7.39. The molecule has 31 heavy (non-hydrogen) atoms. The number of hydrogen-bond acceptors (Lipinski definition) is 5. The lowest BCUT2D eigenvalue weighted by Gasteiger charge is -2.24. The zero-order chi connectivity index (χ0) is 22.0. The number of sulfonamides is 1. The lowest BCUT2D eigenvalue weighted by molar-refractivity contribution is -0.125. The molecule has 1 N–H and O–H groups in total. The molecule has 0 spiro atoms. The van der Waals surface area contributed by atoms with Crippen LogP contribution in [0, 0.1) is 0 Å². The third kappa shape index (κ3) is 4.18. The van der Waals surface area contributed by atoms with Gasteiger partial charge in [-0.3, -0.25) is 4.79 Å². The Bertz CT molecular complexity index is 1170. The molecule has 7 nitrogen and oxygen atoms in total. The Balaban J connectivity index is 1.52. The molecule has 0 saturated carbocycles. The van der Waals surface area contributed by atoms with Gasteiger partial charge in [0.25, 0.3) is 0 Å². The monoisotopic (exact) mass is 442 g/mol. The van der Waals surface area contributed by atoms with Crippen LogP contribution in [0.4, 0.5) is 0 Å². The molecule has 1 aliphatic rings. The average molecular weight is 443 g/mol. The van der Waals surface area contributed by atoms with Crippen LogP contribution < -0.4 is 10.1 Å². The first-order chi connectivity index (χ1) is 14.9. The normalized spacial score (nSPS) is 18.2. The fraction of sp³-hybridized carbons (Fsp3) is 0.348. The van der Waals surface area contributed by atoms with Crippen LogP contribution in [-0.4, -0.2) is 37.8 Å². The summed E-state index contributed by atoms with van der Waals surface area (Å²) in [6, 6.07) is 14.6. The van der Waals surface area contributed by atoms with Crippen molar-refractivity contribution in [2.75, 3.05) is 13.2 Å². The van der Waals surface area contributed by atoms with E-state index in [0.29, 0.717) is 43.1 Å². The predicted molar refractivity (Wildman–Crippen MR) is 117 cm³/mol. The summed E-state index contributed by atoms with van der Waals surface area (Å²) < 4.78 is 39.0. The molecule has 0 aliphatic carbocycles. The summed E-state index contributed by atoms with van der Waals surface area (Å²) >= 11 is 0. The highest BCUT2D eigenvalue weighted by molar-refractivity contribution is 7.89. The molecule has 2 atom stereocenters. The second kappa shape index (κ2) is 8.72. The van der Waals surface area contributed by atoms with E-state index in [1.54, 1.807) is 30.3 Å². The molecule has 3 aromatic rings. The van der Waals surface area contributed by atoms with Crippen molar-refractivity contribution in [3.63, 3.8) is 0 Å². The van der Waals surface area contributed by atoms with Gasteiger partial charge in [0.1, 0.15) is 11.8 Å². The van der Waals surface area contributed by atoms with E-state index in [0.717, 1.165) is 5.39 Å². The van der Waals surface area contributed by atoms with Crippen molar-refractivity contribution in [2.45, 2.75) is 43.7 Å². The highest BCUT2D eigenvalue weighted by Crippen LogP contribution is 2.32. The maximum absolute atomic E-state index is 13.0. The van der Waals surface area contributed by atoms with Crippen LogP contribution >= 0.6 is 0 Å². The van der Waals surface area contributed by atoms with Crippen LogP contribution in [0.1, 0.15) is 38.5 Å². The Hall–Kier alpha value is -2.84. The standard InChI is InChI=1S/C23H26N2O5S/c1-3-29-20-13-7-9-17-15-21(30-22(17)20)16(2)24-23(26)19-12-8-14-25(19)31(27,28)18-10-5-4-6-11-18/h4-7,9-11,13,15-16,19H,3,8,12,14H2,1-2H3,(H,24,26). The Morgan fingerprint density at radius 2 is 2.00 bits per heavy atom. The summed E-state index contributed by atoms with van der Waals surface area (Å²) in [6.07, 6.45) is 1.13. The minimum absolute atomic E-state index is 0.198. The Morgan fingerprint density at radius 3 is 2.74 bits per heavy atom. The molecule has 1 amide bonds. The molecule has 1 saturated heterocycles. The molecule has 2 aromatic carbocycles. The second-order valence-electron chi connectivity index (χ2n) is 7.57. The van der Waals surface area contributed by atoms with Gasteiger partial charge in [-0.25, -0.2) is 8.42 Å². The molecular formula is C23H26N2O5S. The number of amides is 1. The van der Waals surface area contributed by atoms with Gasteiger partial charge in [-0.15, -0.1) is 0 Å². The molecule has 1 fully saturated rings. The quantitative estimate of drug-likeness (QED) is 0.600. The van der Waals surface area contributed by atoms with Gasteiger partial charge in [-0.05, 0) is 51.0 Å². The molecule has 8 heteroatoms. The highest BCUT2D eigenvalue weighted by atomic mass is 32.2. The van der Waals surface area contributed by atoms with Gasteiger partial charge in [0, 0.05) is 11.9 Å². The van der Waals surface area contributed by atoms with Crippen LogP contribution in [0.3, 0.4) is 0 Å². The van der Waals surface area contributed by atoms with Crippen molar-refractivity contribution in [3.8, 4) is 5.75 Å². The number of hydrogen-bond donors (Lipinski definition) is 1. The SMILES string of the molecule is CCOc1cccc2cc(C(C)NC(=O)C3CCCN3S(=O)(=O)c3ccccc3)oc12. The summed E-state index contributed by atoms with van der Waals surface area (Å²) in [7, 11) is -3.73. The van der Waals surface area contributed by atoms with Crippen molar-refractivity contribution in [1.82, 2.24) is 9.62 Å². The third-order valence-electron chi connectivity index (χ3n) is 5.47. The zero-order valence-electron chi connectivity index (χ0n) is 17.6. The first-order valence-electron chi connectivity index (χ1n) is 10.4. The fourth-order valence-corrected chi connectivity index (χ4v) is 5.61. The minimum Gasteiger partial charge on any atom is -0.490 e. The largest absolute Gasteiger partial charge is 0.490 e. The van der Waals surface area contributed by atoms with E-state index in [2.05, 4.69) is 5.32 Å². The number of nitrogens with zero attached hydrogens (tertiary/aromatic N) is 1. The van der Waals surface area contributed by atoms with Crippen LogP contribution in [-0.2, 0) is 14.8 Å². The first kappa shape index (κ1) is 21.4. The van der Waals surface area contributed by atoms with Crippen LogP contribution in [0.2, 0.25) is 0 Å². The van der Waals surface area contributed by atoms with Crippen LogP contribution in [0.5, 0.6) is 5.75 Å². The van der Waals surface area contributed by atoms with Gasteiger partial charge >= 0.3 is 0 Å². The molecule has 0 radical (unpaired) electrons. The van der Waals surface area contributed by atoms with Gasteiger partial charge in [0.15, 0.2) is 11.3 Å². The second-order valence-corrected chi connectivity index (χ2v) is 9.46. The fourth-order valence-electron chi connectivity index (χ4n) is 3.94. The van der Waals surface area contributed by atoms with Gasteiger partial charge in [-0.1, -0.05) is 30.3 Å². The van der Waals surface area contributed by atoms with Crippen molar-refractivity contribution in [3.05, 3.63) is 60.4 Å². The van der Waals surface area contributed by atoms with E-state index in [9.17, 15) is 13.2 Å². The lowest BCUT2D eigenvalue weighted by atomic mass is 10.1. The van der Waals surface area contributed by atoms with Crippen LogP contribution in [0.25, 0.3) is 11.0 Å². The summed E-state index contributed by atoms with van der Waals surface area (Å²) in [6.45, 7) is 4.57. The summed E-state index contributed by atoms with van der Waals surface area (Å²) in [5.74, 6) is 0.918. The number of furan rings is 1. The number of benzene rings is 2. The zero-order valence-corrected chi connectivity index (χ0v) is 18.4. The molecule has 0 bridgehead atoms. The van der Waals surface area contributed by atoms with Gasteiger partial charge < -0.3 is 14.5 Å². The molecule has 1 aromatic heterocycles. The summed E-state index contributed by atoms with van der Waals surface area (Å²) in [5.41, 5.74) is 0.634. The molecular weight excluding hydrogens is 416 g/mol. The van der Waals surface area contributed by atoms with Gasteiger partial charge in [-0.2, -0.15) is 4.31 Å². The molecule has 164 valence electrons. The number of para-hydroxylation sites is 1. The molecule has 4 rings (SSSR count). The molecule has 2 heterocycles. The maximum Gasteiger partial charge on any atom is 0.243 e. The topological polar surface area (TPSA) is 88.9 Å². The summed E-state index contributed by atoms with van der Waals surface area (Å²) in [4.78, 5) is 13.2. The van der Waals surface area contributed by atoms with Gasteiger partial charge in [0.2, 0.25) is 15.9 Å². The first-order valence-corrected chi connectivity index (χ1v) is 11.9. The average Bonchev–Trinajstić information content (AvgIpc) is 3.43. The van der Waals surface area contributed by atoms with Gasteiger partial charge in [0.05, 0.1) is 17.5 Å². The van der Waals surface area contributed by atoms with Crippen LogP contribution in [0.15, 0.2) is 63.9 Å². The number of carbonyl (C=O) groups is 1. The van der Waals surface area contributed by atoms with Crippen molar-refractivity contribution >= 4 is 26.9 Å². The van der Waals surface area contributed by atoms with Crippen molar-refractivity contribution < 1.29 is 22.4 Å². The predicted octanol–water partition coefficient (Wildman–Crippen LogP) is 3.86. The maximum atomic E-state index is 13.0. The van der Waals surface area contributed by atoms with Crippen molar-refractivity contribution in [2.24, 2.45) is 0 Å². The van der Waals surface area contributed by atoms with E-state index in [1.165, 1.54) is 4.31 Å². The van der Waals surface area contributed by atoms with E-state index >= 15 is 0 Å². The Labute approximate surface area is 182 Å². The Morgan fingerprint density at radius 1 is 1.23 bits per heavy atom. The number of ether oxygens (including phenoxy) is 1. The highest BCUT2D eigenvalue weighted by Gasteiger charge is 2.39. The number of nitrogens with one attached hydrogen (secondary N) is 1. The van der Waals surface area contributed by atoms with E-state index in [1.807, 2.05) is 38.1 Å². The smallest absolute Gasteiger partial charge is 0.243 e. The van der Waals surface area contributed by atoms with Crippen molar-refractivity contribution in [1.29, 1.82) is 0 Å². The van der Waals surface area contributed by atoms with E-state index in [4.69, 9.17) is 9.15 Å². The number of carbonyl (C=O) groups excluding carboxylic acids is 1. The molecule has 1 aliphatic heterocycles. The summed E-state index contributed by atoms with van der Waals surface area (Å²) in [5, 5.41) is 3.81. The van der Waals surface area contributed by atoms with E-state index in [-0.39, 0.29) is 10.8 Å². The number of rotatable bonds is 7.